The van der Waals surface area contributed by atoms with Gasteiger partial charge in [0.25, 0.3) is 0 Å². The molecule has 1 unspecified atom stereocenters. The highest BCUT2D eigenvalue weighted by molar-refractivity contribution is 6.31. The van der Waals surface area contributed by atoms with Crippen molar-refractivity contribution in [1.82, 2.24) is 4.98 Å². The zero-order valence-corrected chi connectivity index (χ0v) is 17.5. The molecule has 0 aliphatic carbocycles. The van der Waals surface area contributed by atoms with Crippen LogP contribution < -0.4 is 0 Å². The average Bonchev–Trinajstić information content (AvgIpc) is 2.59. The molecule has 0 spiro atoms. The smallest absolute Gasteiger partial charge is 0.337 e. The predicted molar refractivity (Wildman–Crippen MR) is 113 cm³/mol. The molecule has 0 aliphatic heterocycles. The lowest BCUT2D eigenvalue weighted by Gasteiger charge is -2.24. The Labute approximate surface area is 170 Å². The fourth-order valence-corrected chi connectivity index (χ4v) is 3.77. The van der Waals surface area contributed by atoms with Crippen molar-refractivity contribution in [1.29, 1.82) is 0 Å². The number of hydrogen-bond donors (Lipinski definition) is 1. The van der Waals surface area contributed by atoms with E-state index in [1.165, 1.54) is 0 Å². The zero-order chi connectivity index (χ0) is 20.6. The highest BCUT2D eigenvalue weighted by Gasteiger charge is 2.29. The maximum absolute atomic E-state index is 12.1. The first-order valence-corrected chi connectivity index (χ1v) is 9.62. The first-order valence-electron chi connectivity index (χ1n) is 9.24. The number of carboxylic acids is 1. The Morgan fingerprint density at radius 2 is 1.82 bits per heavy atom. The van der Waals surface area contributed by atoms with E-state index in [1.807, 2.05) is 58.9 Å². The second-order valence-electron chi connectivity index (χ2n) is 7.37. The molecule has 1 heterocycles. The summed E-state index contributed by atoms with van der Waals surface area (Å²) in [6, 6.07) is 11.6. The molecule has 28 heavy (non-hydrogen) atoms. The van der Waals surface area contributed by atoms with E-state index in [1.54, 1.807) is 6.07 Å². The molecule has 0 saturated heterocycles. The topological polar surface area (TPSA) is 59.4 Å². The number of benzene rings is 2. The van der Waals surface area contributed by atoms with Gasteiger partial charge in [0.1, 0.15) is 0 Å². The van der Waals surface area contributed by atoms with Crippen LogP contribution in [0.3, 0.4) is 0 Å². The van der Waals surface area contributed by atoms with Crippen molar-refractivity contribution < 1.29 is 14.6 Å². The highest BCUT2D eigenvalue weighted by Crippen LogP contribution is 2.40. The summed E-state index contributed by atoms with van der Waals surface area (Å²) in [5.41, 5.74) is 5.95. The van der Waals surface area contributed by atoms with Crippen molar-refractivity contribution in [3.8, 4) is 11.1 Å². The van der Waals surface area contributed by atoms with Crippen LogP contribution in [0.5, 0.6) is 0 Å². The van der Waals surface area contributed by atoms with Gasteiger partial charge < -0.3 is 9.84 Å². The third kappa shape index (κ3) is 3.89. The van der Waals surface area contributed by atoms with Gasteiger partial charge in [-0.15, -0.1) is 0 Å². The lowest BCUT2D eigenvalue weighted by molar-refractivity contribution is -0.153. The van der Waals surface area contributed by atoms with Crippen molar-refractivity contribution >= 4 is 28.5 Å². The minimum absolute atomic E-state index is 0.248. The van der Waals surface area contributed by atoms with Crippen LogP contribution in [0.2, 0.25) is 5.02 Å². The number of carbonyl (C=O) groups is 1. The third-order valence-corrected chi connectivity index (χ3v) is 4.96. The molecule has 0 radical (unpaired) electrons. The number of aryl methyl sites for hydroxylation is 3. The largest absolute Gasteiger partial charge is 0.479 e. The van der Waals surface area contributed by atoms with Crippen LogP contribution in [0.1, 0.15) is 42.3 Å². The molecule has 0 aliphatic rings. The van der Waals surface area contributed by atoms with Gasteiger partial charge in [0.15, 0.2) is 6.10 Å². The molecule has 1 aromatic heterocycles. The van der Waals surface area contributed by atoms with Crippen molar-refractivity contribution in [2.24, 2.45) is 0 Å². The molecule has 5 heteroatoms. The van der Waals surface area contributed by atoms with E-state index in [-0.39, 0.29) is 6.10 Å². The molecule has 0 saturated carbocycles. The zero-order valence-electron chi connectivity index (χ0n) is 16.7. The number of carboxylic acid groups (broad SMARTS) is 1. The van der Waals surface area contributed by atoms with E-state index in [2.05, 4.69) is 11.1 Å². The normalized spacial score (nSPS) is 12.5. The average molecular weight is 398 g/mol. The van der Waals surface area contributed by atoms with Crippen LogP contribution in [0.15, 0.2) is 36.4 Å². The first-order chi connectivity index (χ1) is 13.2. The molecule has 1 atom stereocenters. The summed E-state index contributed by atoms with van der Waals surface area (Å²) in [5, 5.41) is 11.3. The molecule has 1 N–H and O–H groups in total. The first kappa shape index (κ1) is 20.3. The van der Waals surface area contributed by atoms with Gasteiger partial charge in [-0.1, -0.05) is 35.4 Å². The lowest BCUT2D eigenvalue weighted by Crippen LogP contribution is -2.21. The Bertz CT molecular complexity index is 1060. The summed E-state index contributed by atoms with van der Waals surface area (Å²) in [6.45, 7) is 9.54. The number of aromatic nitrogens is 1. The minimum Gasteiger partial charge on any atom is -0.479 e. The molecular weight excluding hydrogens is 374 g/mol. The van der Waals surface area contributed by atoms with Crippen LogP contribution >= 0.6 is 11.6 Å². The maximum Gasteiger partial charge on any atom is 0.337 e. The number of pyridine rings is 1. The summed E-state index contributed by atoms with van der Waals surface area (Å²) < 4.78 is 5.81. The second kappa shape index (κ2) is 7.90. The van der Waals surface area contributed by atoms with Gasteiger partial charge in [-0.25, -0.2) is 4.79 Å². The number of ether oxygens (including phenoxy) is 1. The van der Waals surface area contributed by atoms with Crippen LogP contribution in [0.4, 0.5) is 0 Å². The summed E-state index contributed by atoms with van der Waals surface area (Å²) in [5.74, 6) is -1.04. The molecule has 3 rings (SSSR count). The van der Waals surface area contributed by atoms with Crippen molar-refractivity contribution in [2.75, 3.05) is 0 Å². The van der Waals surface area contributed by atoms with Crippen molar-refractivity contribution in [2.45, 2.75) is 46.8 Å². The molecule has 2 aromatic carbocycles. The van der Waals surface area contributed by atoms with Crippen LogP contribution in [0, 0.1) is 20.8 Å². The summed E-state index contributed by atoms with van der Waals surface area (Å²) in [7, 11) is 0. The van der Waals surface area contributed by atoms with Gasteiger partial charge in [-0.05, 0) is 69.5 Å². The van der Waals surface area contributed by atoms with E-state index in [0.717, 1.165) is 33.2 Å². The van der Waals surface area contributed by atoms with E-state index in [0.29, 0.717) is 16.3 Å². The number of nitrogens with zero attached hydrogens (tertiary/aromatic N) is 1. The quantitative estimate of drug-likeness (QED) is 0.570. The highest BCUT2D eigenvalue weighted by atomic mass is 35.5. The van der Waals surface area contributed by atoms with Gasteiger partial charge in [0, 0.05) is 21.7 Å². The fourth-order valence-electron chi connectivity index (χ4n) is 3.60. The summed E-state index contributed by atoms with van der Waals surface area (Å²) in [4.78, 5) is 16.8. The Balaban J connectivity index is 2.46. The number of aliphatic carboxylic acids is 1. The van der Waals surface area contributed by atoms with Crippen molar-refractivity contribution in [3.05, 3.63) is 63.8 Å². The number of hydrogen-bond acceptors (Lipinski definition) is 3. The number of rotatable bonds is 5. The van der Waals surface area contributed by atoms with E-state index < -0.39 is 12.1 Å². The lowest BCUT2D eigenvalue weighted by atomic mass is 9.88. The molecule has 3 aromatic rings. The monoisotopic (exact) mass is 397 g/mol. The van der Waals surface area contributed by atoms with E-state index >= 15 is 0 Å². The van der Waals surface area contributed by atoms with Gasteiger partial charge in [-0.2, -0.15) is 0 Å². The SMILES string of the molecule is Cc1ccc(-c2c(C(OC(C)C)C(=O)O)c(C)nc3ccc(Cl)cc23)c(C)c1. The molecule has 0 amide bonds. The fraction of sp³-hybridized carbons (Fsp3) is 0.304. The molecule has 0 fully saturated rings. The Kier molecular flexibility index (Phi) is 5.73. The Morgan fingerprint density at radius 1 is 1.11 bits per heavy atom. The third-order valence-electron chi connectivity index (χ3n) is 4.72. The number of fused-ring (bicyclic) bond motifs is 1. The van der Waals surface area contributed by atoms with Crippen LogP contribution in [0.25, 0.3) is 22.0 Å². The summed E-state index contributed by atoms with van der Waals surface area (Å²) >= 11 is 6.29. The van der Waals surface area contributed by atoms with E-state index in [9.17, 15) is 9.90 Å². The Morgan fingerprint density at radius 3 is 2.43 bits per heavy atom. The molecular formula is C23H24ClNO3. The standard InChI is InChI=1S/C23H24ClNO3/c1-12(2)28-22(23(26)27)20-15(5)25-19-9-7-16(24)11-18(19)21(20)17-8-6-13(3)10-14(17)4/h6-12,22H,1-5H3,(H,26,27). The second-order valence-corrected chi connectivity index (χ2v) is 7.81. The Hall–Kier alpha value is -2.43. The summed E-state index contributed by atoms with van der Waals surface area (Å²) in [6.07, 6.45) is -1.37. The van der Waals surface area contributed by atoms with Crippen LogP contribution in [-0.4, -0.2) is 22.2 Å². The van der Waals surface area contributed by atoms with Crippen LogP contribution in [-0.2, 0) is 9.53 Å². The molecule has 4 nitrogen and oxygen atoms in total. The molecule has 146 valence electrons. The number of halogens is 1. The minimum atomic E-state index is -1.12. The molecule has 0 bridgehead atoms. The van der Waals surface area contributed by atoms with Gasteiger partial charge in [0.2, 0.25) is 0 Å². The van der Waals surface area contributed by atoms with E-state index in [4.69, 9.17) is 16.3 Å². The van der Waals surface area contributed by atoms with Gasteiger partial charge in [0.05, 0.1) is 11.6 Å². The predicted octanol–water partition coefficient (Wildman–Crippen LogP) is 6.03. The maximum atomic E-state index is 12.1. The van der Waals surface area contributed by atoms with Crippen molar-refractivity contribution in [3.63, 3.8) is 0 Å². The van der Waals surface area contributed by atoms with Gasteiger partial charge in [-0.3, -0.25) is 4.98 Å². The van der Waals surface area contributed by atoms with Gasteiger partial charge >= 0.3 is 5.97 Å².